The Morgan fingerprint density at radius 3 is 1.00 bits per heavy atom. The fourth-order valence-electron chi connectivity index (χ4n) is 0. The molecule has 0 unspecified atom stereocenters. The summed E-state index contributed by atoms with van der Waals surface area (Å²) in [4.78, 5) is 0. The molecule has 0 aliphatic carbocycles. The van der Waals surface area contributed by atoms with Crippen LogP contribution in [-0.4, -0.2) is 37.9 Å². The zero-order valence-electron chi connectivity index (χ0n) is 3.63. The molecule has 0 saturated carbocycles. The first kappa shape index (κ1) is 11.1. The third-order valence-electron chi connectivity index (χ3n) is 0. The van der Waals surface area contributed by atoms with Gasteiger partial charge in [0.25, 0.3) is 0 Å². The van der Waals surface area contributed by atoms with Gasteiger partial charge in [-0.05, 0) is 0 Å². The van der Waals surface area contributed by atoms with Gasteiger partial charge < -0.3 is 25.6 Å². The number of hydrogen-bond donors (Lipinski definition) is 3. The zero-order chi connectivity index (χ0) is 7.15. The Labute approximate surface area is 49.4 Å². The van der Waals surface area contributed by atoms with E-state index in [1.54, 1.807) is 0 Å². The third-order valence-corrected chi connectivity index (χ3v) is 0. The average Bonchev–Trinajstić information content (AvgIpc) is 1.25. The van der Waals surface area contributed by atoms with Crippen LogP contribution in [0.3, 0.4) is 0 Å². The molecule has 3 nitrogen and oxygen atoms in total. The summed E-state index contributed by atoms with van der Waals surface area (Å²) >= 11 is -4.64. The minimum atomic E-state index is -4.64. The van der Waals surface area contributed by atoms with Crippen molar-refractivity contribution in [1.29, 1.82) is 0 Å². The molecule has 0 fully saturated rings. The van der Waals surface area contributed by atoms with Crippen molar-refractivity contribution in [2.45, 2.75) is 0 Å². The summed E-state index contributed by atoms with van der Waals surface area (Å²) in [6.45, 7) is 0. The van der Waals surface area contributed by atoms with Crippen molar-refractivity contribution >= 4 is 22.8 Å². The molecule has 3 N–H and O–H groups in total. The van der Waals surface area contributed by atoms with Gasteiger partial charge in [0.15, 0.2) is 0 Å². The van der Waals surface area contributed by atoms with Crippen LogP contribution >= 0.6 is 0 Å². The van der Waals surface area contributed by atoms with E-state index in [-0.39, 0.29) is 0 Å². The highest BCUT2D eigenvalue weighted by Crippen LogP contribution is 1.80. The van der Waals surface area contributed by atoms with Crippen molar-refractivity contribution in [2.75, 3.05) is 0 Å². The van der Waals surface area contributed by atoms with Gasteiger partial charge in [-0.1, -0.05) is 0 Å². The molecule has 0 aromatic rings. The Bertz CT molecular complexity index is 30.0. The Hall–Kier alpha value is 0.267. The molecule has 0 radical (unpaired) electrons. The lowest BCUT2D eigenvalue weighted by molar-refractivity contribution is 0.278. The van der Waals surface area contributed by atoms with Crippen LogP contribution in [0.5, 0.6) is 0 Å². The summed E-state index contributed by atoms with van der Waals surface area (Å²) in [6.07, 6.45) is 0. The molecule has 0 saturated heterocycles. The lowest BCUT2D eigenvalue weighted by Crippen LogP contribution is -2.07. The monoisotopic (exact) mass is 146 g/mol. The van der Waals surface area contributed by atoms with E-state index in [0.29, 0.717) is 0 Å². The Morgan fingerprint density at radius 2 is 1.00 bits per heavy atom. The molecular formula is H3AlBF3O3. The topological polar surface area (TPSA) is 60.7 Å². The minimum Gasteiger partial charge on any atom is -0.402 e. The second-order valence-corrected chi connectivity index (χ2v) is 1.09. The van der Waals surface area contributed by atoms with Gasteiger partial charge in [-0.15, -0.1) is 0 Å². The summed E-state index contributed by atoms with van der Waals surface area (Å²) in [5.41, 5.74) is 0. The molecule has 0 spiro atoms. The Balaban J connectivity index is 0. The van der Waals surface area contributed by atoms with Crippen LogP contribution in [0.15, 0.2) is 0 Å². The second kappa shape index (κ2) is 7.27. The van der Waals surface area contributed by atoms with E-state index in [4.69, 9.17) is 15.1 Å². The van der Waals surface area contributed by atoms with Crippen LogP contribution in [0, 0.1) is 0 Å². The molecule has 0 rings (SSSR count). The molecule has 48 valence electrons. The van der Waals surface area contributed by atoms with Gasteiger partial charge in [0, 0.05) is 0 Å². The molecule has 0 aromatic heterocycles. The van der Waals surface area contributed by atoms with Crippen LogP contribution in [-0.2, 0) is 0 Å². The van der Waals surface area contributed by atoms with Crippen LogP contribution < -0.4 is 0 Å². The van der Waals surface area contributed by atoms with E-state index in [1.807, 2.05) is 0 Å². The van der Waals surface area contributed by atoms with Gasteiger partial charge in [-0.3, -0.25) is 0 Å². The molecule has 0 atom stereocenters. The number of halogens is 3. The maximum Gasteiger partial charge on any atom is 1.04 e. The Kier molecular flexibility index (Phi) is 10.1. The van der Waals surface area contributed by atoms with Crippen LogP contribution in [0.4, 0.5) is 10.6 Å². The first-order valence-corrected chi connectivity index (χ1v) is 2.74. The maximum atomic E-state index is 9.81. The van der Waals surface area contributed by atoms with Crippen molar-refractivity contribution in [2.24, 2.45) is 0 Å². The predicted octanol–water partition coefficient (Wildman–Crippen LogP) is -1.17. The van der Waals surface area contributed by atoms with Gasteiger partial charge in [0.2, 0.25) is 0 Å². The number of rotatable bonds is 0. The quantitative estimate of drug-likeness (QED) is 0.377. The minimum absolute atomic E-state index is 2.17. The standard InChI is InChI=1S/Al.BH3O3.3FH/c;2-1(3)4;;;/h;2-4H;3*1H/q+3;;;;/p-3. The largest absolute Gasteiger partial charge is 1.04 e. The highest BCUT2D eigenvalue weighted by Gasteiger charge is 2.21. The van der Waals surface area contributed by atoms with Crippen molar-refractivity contribution in [1.82, 2.24) is 0 Å². The summed E-state index contributed by atoms with van der Waals surface area (Å²) in [7, 11) is -2.17. The molecule has 8 heavy (non-hydrogen) atoms. The van der Waals surface area contributed by atoms with Gasteiger partial charge >= 0.3 is 22.8 Å². The van der Waals surface area contributed by atoms with E-state index in [0.717, 1.165) is 0 Å². The van der Waals surface area contributed by atoms with Crippen molar-refractivity contribution in [3.63, 3.8) is 0 Å². The molecule has 0 heterocycles. The zero-order valence-corrected chi connectivity index (χ0v) is 4.78. The molecule has 0 aliphatic heterocycles. The summed E-state index contributed by atoms with van der Waals surface area (Å²) in [5.74, 6) is 0. The first-order valence-electron chi connectivity index (χ1n) is 1.43. The van der Waals surface area contributed by atoms with E-state index in [1.165, 1.54) is 0 Å². The fourth-order valence-corrected chi connectivity index (χ4v) is 0. The van der Waals surface area contributed by atoms with Gasteiger partial charge in [-0.2, -0.15) is 0 Å². The predicted molar refractivity (Wildman–Crippen MR) is 21.5 cm³/mol. The van der Waals surface area contributed by atoms with Crippen molar-refractivity contribution in [3.05, 3.63) is 0 Å². The molecular weight excluding hydrogens is 143 g/mol. The lowest BCUT2D eigenvalue weighted by Gasteiger charge is -1.69. The normalized spacial score (nSPS) is 6.75. The molecule has 0 aliphatic rings. The first-order chi connectivity index (χ1) is 3.46. The smallest absolute Gasteiger partial charge is 0.402 e. The fraction of sp³-hybridized carbons (Fsp3) is 0. The molecule has 0 aromatic carbocycles. The molecule has 0 amide bonds. The second-order valence-electron chi connectivity index (χ2n) is 0.594. The van der Waals surface area contributed by atoms with E-state index >= 15 is 0 Å². The average molecular weight is 146 g/mol. The van der Waals surface area contributed by atoms with Crippen molar-refractivity contribution < 1.29 is 25.6 Å². The van der Waals surface area contributed by atoms with Gasteiger partial charge in [0.05, 0.1) is 0 Å². The van der Waals surface area contributed by atoms with Crippen LogP contribution in [0.2, 0.25) is 0 Å². The Morgan fingerprint density at radius 1 is 1.00 bits per heavy atom. The van der Waals surface area contributed by atoms with Crippen LogP contribution in [0.25, 0.3) is 0 Å². The summed E-state index contributed by atoms with van der Waals surface area (Å²) < 4.78 is 29.4. The van der Waals surface area contributed by atoms with Gasteiger partial charge in [-0.25, -0.2) is 0 Å². The van der Waals surface area contributed by atoms with Gasteiger partial charge in [0.1, 0.15) is 0 Å². The third kappa shape index (κ3) is 2430. The molecule has 0 bridgehead atoms. The highest BCUT2D eigenvalue weighted by atomic mass is 27.3. The highest BCUT2D eigenvalue weighted by molar-refractivity contribution is 6.33. The lowest BCUT2D eigenvalue weighted by atomic mass is 10.3. The molecule has 8 heteroatoms. The van der Waals surface area contributed by atoms with Crippen molar-refractivity contribution in [3.8, 4) is 0 Å². The van der Waals surface area contributed by atoms with Crippen LogP contribution in [0.1, 0.15) is 0 Å². The maximum absolute atomic E-state index is 9.81. The summed E-state index contributed by atoms with van der Waals surface area (Å²) in [5, 5.41) is 21.5. The van der Waals surface area contributed by atoms with E-state index < -0.39 is 22.8 Å². The SMILES string of the molecule is OB(O)O.[F][Al]([F])[F]. The van der Waals surface area contributed by atoms with E-state index in [2.05, 4.69) is 0 Å². The van der Waals surface area contributed by atoms with E-state index in [9.17, 15) is 10.6 Å². The summed E-state index contributed by atoms with van der Waals surface area (Å²) in [6, 6.07) is 0. The number of hydrogen-bond acceptors (Lipinski definition) is 3.